The lowest BCUT2D eigenvalue weighted by atomic mass is 9.90. The highest BCUT2D eigenvalue weighted by molar-refractivity contribution is 5.73. The monoisotopic (exact) mass is 283 g/mol. The fraction of sp³-hybridized carbons (Fsp3) is 0.800. The number of nitrogens with one attached hydrogen (secondary N) is 1. The Labute approximate surface area is 120 Å². The van der Waals surface area contributed by atoms with Crippen molar-refractivity contribution in [2.24, 2.45) is 0 Å². The minimum atomic E-state index is -0.647. The Kier molecular flexibility index (Phi) is 4.52. The van der Waals surface area contributed by atoms with E-state index >= 15 is 0 Å². The maximum absolute atomic E-state index is 11.5. The zero-order valence-electron chi connectivity index (χ0n) is 12.7. The normalized spacial score (nSPS) is 39.1. The molecule has 2 saturated heterocycles. The van der Waals surface area contributed by atoms with Gasteiger partial charge in [-0.2, -0.15) is 0 Å². The van der Waals surface area contributed by atoms with Crippen LogP contribution in [0.4, 0.5) is 0 Å². The Balaban J connectivity index is 2.25. The Morgan fingerprint density at radius 2 is 1.95 bits per heavy atom. The van der Waals surface area contributed by atoms with Gasteiger partial charge in [0, 0.05) is 6.92 Å². The summed E-state index contributed by atoms with van der Waals surface area (Å²) in [5, 5.41) is 2.95. The molecule has 0 aromatic rings. The van der Waals surface area contributed by atoms with E-state index in [-0.39, 0.29) is 36.4 Å². The minimum Gasteiger partial charge on any atom is -0.370 e. The largest absolute Gasteiger partial charge is 0.370 e. The molecule has 1 unspecified atom stereocenters. The van der Waals surface area contributed by atoms with Gasteiger partial charge in [0.25, 0.3) is 0 Å². The molecule has 5 nitrogen and oxygen atoms in total. The first-order valence-electron chi connectivity index (χ1n) is 7.27. The van der Waals surface area contributed by atoms with Crippen LogP contribution in [0.2, 0.25) is 0 Å². The molecule has 0 aliphatic carbocycles. The van der Waals surface area contributed by atoms with E-state index in [1.165, 1.54) is 6.92 Å². The summed E-state index contributed by atoms with van der Waals surface area (Å²) in [6, 6.07) is -0.208. The van der Waals surface area contributed by atoms with Crippen molar-refractivity contribution in [3.05, 3.63) is 12.7 Å². The van der Waals surface area contributed by atoms with Crippen LogP contribution in [0.5, 0.6) is 0 Å². The topological polar surface area (TPSA) is 56.8 Å². The van der Waals surface area contributed by atoms with Gasteiger partial charge in [-0.25, -0.2) is 0 Å². The molecule has 114 valence electrons. The molecule has 2 fully saturated rings. The van der Waals surface area contributed by atoms with Crippen molar-refractivity contribution >= 4 is 5.91 Å². The molecule has 0 radical (unpaired) electrons. The standard InChI is InChI=1S/C15H25NO4/c1-6-8-11-12(16-9(3)17)14-13(10(7-2)18-11)19-15(4,5)20-14/h6,10-14H,1,7-8H2,2-5H3,(H,16,17)/t10-,11?,12-,13+,14-/m1/s1. The molecule has 2 aliphatic rings. The quantitative estimate of drug-likeness (QED) is 0.799. The molecule has 0 saturated carbocycles. The van der Waals surface area contributed by atoms with Crippen molar-refractivity contribution in [1.29, 1.82) is 0 Å². The van der Waals surface area contributed by atoms with Gasteiger partial charge in [-0.3, -0.25) is 4.79 Å². The summed E-state index contributed by atoms with van der Waals surface area (Å²) >= 11 is 0. The fourth-order valence-electron chi connectivity index (χ4n) is 3.09. The van der Waals surface area contributed by atoms with Crippen LogP contribution in [0.3, 0.4) is 0 Å². The SMILES string of the molecule is C=CCC1O[C@H](CC)[C@@H]2OC(C)(C)O[C@@H]2[C@@H]1NC(C)=O. The number of carbonyl (C=O) groups is 1. The maximum Gasteiger partial charge on any atom is 0.217 e. The van der Waals surface area contributed by atoms with Gasteiger partial charge in [0.15, 0.2) is 5.79 Å². The molecule has 1 N–H and O–H groups in total. The lowest BCUT2D eigenvalue weighted by molar-refractivity contribution is -0.160. The molecule has 2 aliphatic heterocycles. The Morgan fingerprint density at radius 3 is 2.50 bits per heavy atom. The van der Waals surface area contributed by atoms with Crippen molar-refractivity contribution in [1.82, 2.24) is 5.32 Å². The van der Waals surface area contributed by atoms with E-state index in [1.54, 1.807) is 0 Å². The molecule has 5 heteroatoms. The summed E-state index contributed by atoms with van der Waals surface area (Å²) in [4.78, 5) is 11.5. The Morgan fingerprint density at radius 1 is 1.30 bits per heavy atom. The first-order chi connectivity index (χ1) is 9.38. The maximum atomic E-state index is 11.5. The van der Waals surface area contributed by atoms with Crippen molar-refractivity contribution in [2.75, 3.05) is 0 Å². The van der Waals surface area contributed by atoms with E-state index in [0.29, 0.717) is 6.42 Å². The second kappa shape index (κ2) is 5.84. The lowest BCUT2D eigenvalue weighted by Crippen LogP contribution is -2.62. The highest BCUT2D eigenvalue weighted by Gasteiger charge is 2.54. The fourth-order valence-corrected chi connectivity index (χ4v) is 3.09. The van der Waals surface area contributed by atoms with Crippen LogP contribution in [0.15, 0.2) is 12.7 Å². The molecule has 0 bridgehead atoms. The van der Waals surface area contributed by atoms with E-state index in [1.807, 2.05) is 19.9 Å². The van der Waals surface area contributed by atoms with Crippen LogP contribution in [0, 0.1) is 0 Å². The molecule has 1 amide bonds. The molecule has 2 heterocycles. The number of amides is 1. The van der Waals surface area contributed by atoms with Crippen molar-refractivity contribution in [3.63, 3.8) is 0 Å². The number of carbonyl (C=O) groups excluding carboxylic acids is 1. The first-order valence-corrected chi connectivity index (χ1v) is 7.27. The van der Waals surface area contributed by atoms with Crippen molar-refractivity contribution in [3.8, 4) is 0 Å². The highest BCUT2D eigenvalue weighted by atomic mass is 16.8. The summed E-state index contributed by atoms with van der Waals surface area (Å²) in [5.74, 6) is -0.735. The van der Waals surface area contributed by atoms with Gasteiger partial charge in [-0.05, 0) is 26.7 Å². The van der Waals surface area contributed by atoms with Gasteiger partial charge in [0.05, 0.1) is 18.2 Å². The van der Waals surface area contributed by atoms with Crippen molar-refractivity contribution < 1.29 is 19.0 Å². The van der Waals surface area contributed by atoms with E-state index in [4.69, 9.17) is 14.2 Å². The van der Waals surface area contributed by atoms with Gasteiger partial charge in [0.2, 0.25) is 5.91 Å². The zero-order valence-corrected chi connectivity index (χ0v) is 12.7. The highest BCUT2D eigenvalue weighted by Crippen LogP contribution is 2.39. The zero-order chi connectivity index (χ0) is 14.9. The molecule has 0 aromatic carbocycles. The molecular weight excluding hydrogens is 258 g/mol. The third-order valence-corrected chi connectivity index (χ3v) is 3.81. The number of hydrogen-bond acceptors (Lipinski definition) is 4. The Hall–Kier alpha value is -0.910. The number of ether oxygens (including phenoxy) is 3. The van der Waals surface area contributed by atoms with E-state index in [2.05, 4.69) is 18.8 Å². The third kappa shape index (κ3) is 3.05. The molecule has 5 atom stereocenters. The van der Waals surface area contributed by atoms with E-state index < -0.39 is 5.79 Å². The van der Waals surface area contributed by atoms with E-state index in [9.17, 15) is 4.79 Å². The van der Waals surface area contributed by atoms with Crippen LogP contribution in [0.25, 0.3) is 0 Å². The van der Waals surface area contributed by atoms with Crippen LogP contribution in [-0.2, 0) is 19.0 Å². The average molecular weight is 283 g/mol. The summed E-state index contributed by atoms with van der Waals surface area (Å²) in [5.41, 5.74) is 0. The smallest absolute Gasteiger partial charge is 0.217 e. The summed E-state index contributed by atoms with van der Waals surface area (Å²) in [7, 11) is 0. The van der Waals surface area contributed by atoms with Gasteiger partial charge < -0.3 is 19.5 Å². The van der Waals surface area contributed by atoms with Crippen LogP contribution in [-0.4, -0.2) is 42.2 Å². The second-order valence-corrected chi connectivity index (χ2v) is 5.94. The average Bonchev–Trinajstić information content (AvgIpc) is 2.67. The predicted octanol–water partition coefficient (Wildman–Crippen LogP) is 1.76. The van der Waals surface area contributed by atoms with Crippen LogP contribution >= 0.6 is 0 Å². The lowest BCUT2D eigenvalue weighted by Gasteiger charge is -2.42. The number of hydrogen-bond donors (Lipinski definition) is 1. The minimum absolute atomic E-state index is 0.0169. The van der Waals surface area contributed by atoms with Gasteiger partial charge in [0.1, 0.15) is 12.2 Å². The third-order valence-electron chi connectivity index (χ3n) is 3.81. The summed E-state index contributed by atoms with van der Waals surface area (Å²) in [6.45, 7) is 11.1. The number of rotatable bonds is 4. The molecule has 0 aromatic heterocycles. The summed E-state index contributed by atoms with van der Waals surface area (Å²) < 4.78 is 18.1. The number of fused-ring (bicyclic) bond motifs is 1. The predicted molar refractivity (Wildman–Crippen MR) is 75.2 cm³/mol. The second-order valence-electron chi connectivity index (χ2n) is 5.94. The first kappa shape index (κ1) is 15.5. The van der Waals surface area contributed by atoms with Gasteiger partial charge in [-0.15, -0.1) is 6.58 Å². The summed E-state index contributed by atoms with van der Waals surface area (Å²) in [6.07, 6.45) is 2.87. The van der Waals surface area contributed by atoms with E-state index in [0.717, 1.165) is 6.42 Å². The molecule has 2 rings (SSSR count). The van der Waals surface area contributed by atoms with Crippen molar-refractivity contribution in [2.45, 2.75) is 76.8 Å². The molecular formula is C15H25NO4. The molecule has 0 spiro atoms. The van der Waals surface area contributed by atoms with Gasteiger partial charge >= 0.3 is 0 Å². The van der Waals surface area contributed by atoms with Crippen LogP contribution < -0.4 is 5.32 Å². The van der Waals surface area contributed by atoms with Gasteiger partial charge in [-0.1, -0.05) is 13.0 Å². The van der Waals surface area contributed by atoms with Crippen LogP contribution in [0.1, 0.15) is 40.5 Å². The molecule has 20 heavy (non-hydrogen) atoms. The Bertz CT molecular complexity index is 382.